The highest BCUT2D eigenvalue weighted by Gasteiger charge is 2.35. The van der Waals surface area contributed by atoms with Gasteiger partial charge < -0.3 is 9.05 Å². The number of rotatable bonds is 5. The van der Waals surface area contributed by atoms with Crippen molar-refractivity contribution in [2.45, 2.75) is 104 Å². The predicted molar refractivity (Wildman–Crippen MR) is 101 cm³/mol. The van der Waals surface area contributed by atoms with Gasteiger partial charge in [-0.05, 0) is 12.8 Å². The van der Waals surface area contributed by atoms with E-state index in [1.54, 1.807) is 0 Å². The molecular weight excluding hydrogens is 328 g/mol. The fourth-order valence-corrected chi connectivity index (χ4v) is 2.44. The molecule has 26 heavy (non-hydrogen) atoms. The van der Waals surface area contributed by atoms with Crippen LogP contribution in [-0.2, 0) is 21.7 Å². The molecule has 0 fully saturated rings. The standard InChI is InChI=1S/C20H34N4O2/c1-17(2,3)13-21-15(25-23-13)19(7,8)11-12-20(9,10)16-22-14(24-26-16)18(4,5)6/h11-12H2,1-10H3. The van der Waals surface area contributed by atoms with Crippen LogP contribution in [0.5, 0.6) is 0 Å². The highest BCUT2D eigenvalue weighted by molar-refractivity contribution is 5.09. The molecule has 2 aromatic heterocycles. The third kappa shape index (κ3) is 4.51. The molecule has 6 heteroatoms. The molecule has 0 aromatic carbocycles. The van der Waals surface area contributed by atoms with Crippen molar-refractivity contribution >= 4 is 0 Å². The third-order valence-corrected chi connectivity index (χ3v) is 4.73. The molecule has 2 rings (SSSR count). The summed E-state index contributed by atoms with van der Waals surface area (Å²) < 4.78 is 11.1. The molecule has 6 nitrogen and oxygen atoms in total. The molecule has 0 saturated heterocycles. The van der Waals surface area contributed by atoms with Gasteiger partial charge >= 0.3 is 0 Å². The number of hydrogen-bond donors (Lipinski definition) is 0. The first-order valence-electron chi connectivity index (χ1n) is 9.32. The normalized spacial score (nSPS) is 14.1. The van der Waals surface area contributed by atoms with Crippen LogP contribution >= 0.6 is 0 Å². The highest BCUT2D eigenvalue weighted by Crippen LogP contribution is 2.36. The summed E-state index contributed by atoms with van der Waals surface area (Å²) in [6.45, 7) is 21.0. The van der Waals surface area contributed by atoms with Gasteiger partial charge in [-0.1, -0.05) is 79.6 Å². The zero-order chi connectivity index (χ0) is 20.0. The molecule has 0 radical (unpaired) electrons. The Morgan fingerprint density at radius 1 is 0.577 bits per heavy atom. The molecule has 0 saturated carbocycles. The summed E-state index contributed by atoms with van der Waals surface area (Å²) in [5.74, 6) is 2.84. The molecule has 0 aliphatic heterocycles. The van der Waals surface area contributed by atoms with Crippen LogP contribution in [-0.4, -0.2) is 20.3 Å². The first kappa shape index (κ1) is 20.6. The summed E-state index contributed by atoms with van der Waals surface area (Å²) in [7, 11) is 0. The van der Waals surface area contributed by atoms with Crippen molar-refractivity contribution < 1.29 is 9.05 Å². The van der Waals surface area contributed by atoms with Gasteiger partial charge in [-0.15, -0.1) is 0 Å². The van der Waals surface area contributed by atoms with Crippen LogP contribution in [0.1, 0.15) is 106 Å². The van der Waals surface area contributed by atoms with Crippen LogP contribution in [0, 0.1) is 0 Å². The number of aromatic nitrogens is 4. The van der Waals surface area contributed by atoms with Gasteiger partial charge in [0.25, 0.3) is 0 Å². The van der Waals surface area contributed by atoms with Crippen molar-refractivity contribution in [1.29, 1.82) is 0 Å². The summed E-state index contributed by atoms with van der Waals surface area (Å²) in [4.78, 5) is 9.27. The molecule has 0 amide bonds. The third-order valence-electron chi connectivity index (χ3n) is 4.73. The largest absolute Gasteiger partial charge is 0.339 e. The van der Waals surface area contributed by atoms with Crippen LogP contribution in [0.4, 0.5) is 0 Å². The highest BCUT2D eigenvalue weighted by atomic mass is 16.5. The second-order valence-corrected chi connectivity index (χ2v) is 10.6. The molecule has 2 heterocycles. The van der Waals surface area contributed by atoms with E-state index in [0.29, 0.717) is 11.8 Å². The van der Waals surface area contributed by atoms with Crippen molar-refractivity contribution in [3.05, 3.63) is 23.4 Å². The fraction of sp³-hybridized carbons (Fsp3) is 0.800. The number of hydrogen-bond acceptors (Lipinski definition) is 6. The summed E-state index contributed by atoms with van der Waals surface area (Å²) in [5.41, 5.74) is -0.685. The molecule has 0 aliphatic rings. The Labute approximate surface area is 157 Å². The smallest absolute Gasteiger partial charge is 0.232 e. The molecule has 0 aliphatic carbocycles. The maximum absolute atomic E-state index is 5.56. The van der Waals surface area contributed by atoms with Gasteiger partial charge in [0.1, 0.15) is 0 Å². The van der Waals surface area contributed by atoms with E-state index in [-0.39, 0.29) is 21.7 Å². The minimum atomic E-state index is -0.222. The number of nitrogens with zero attached hydrogens (tertiary/aromatic N) is 4. The van der Waals surface area contributed by atoms with Gasteiger partial charge in [-0.25, -0.2) is 0 Å². The Bertz CT molecular complexity index is 678. The molecule has 0 atom stereocenters. The Balaban J connectivity index is 2.12. The fourth-order valence-electron chi connectivity index (χ4n) is 2.44. The zero-order valence-corrected chi connectivity index (χ0v) is 18.0. The van der Waals surface area contributed by atoms with E-state index in [1.165, 1.54) is 0 Å². The van der Waals surface area contributed by atoms with Crippen molar-refractivity contribution in [2.75, 3.05) is 0 Å². The lowest BCUT2D eigenvalue weighted by Crippen LogP contribution is -2.25. The molecule has 0 spiro atoms. The maximum Gasteiger partial charge on any atom is 0.232 e. The monoisotopic (exact) mass is 362 g/mol. The SMILES string of the molecule is CC(C)(C)c1noc(C(C)(C)CCC(C)(C)c2nc(C(C)(C)C)no2)n1. The summed E-state index contributed by atoms with van der Waals surface area (Å²) in [6, 6.07) is 0. The van der Waals surface area contributed by atoms with Gasteiger partial charge in [0, 0.05) is 21.7 Å². The van der Waals surface area contributed by atoms with Gasteiger partial charge in [0.05, 0.1) is 0 Å². The average Bonchev–Trinajstić information content (AvgIpc) is 3.13. The van der Waals surface area contributed by atoms with E-state index >= 15 is 0 Å². The quantitative estimate of drug-likeness (QED) is 0.738. The van der Waals surface area contributed by atoms with Crippen molar-refractivity contribution in [3.63, 3.8) is 0 Å². The zero-order valence-electron chi connectivity index (χ0n) is 18.0. The average molecular weight is 363 g/mol. The first-order valence-corrected chi connectivity index (χ1v) is 9.32. The lowest BCUT2D eigenvalue weighted by molar-refractivity contribution is 0.246. The van der Waals surface area contributed by atoms with Gasteiger partial charge in [-0.2, -0.15) is 9.97 Å². The van der Waals surface area contributed by atoms with E-state index < -0.39 is 0 Å². The minimum Gasteiger partial charge on any atom is -0.339 e. The Kier molecular flexibility index (Phi) is 5.12. The maximum atomic E-state index is 5.56. The van der Waals surface area contributed by atoms with Crippen LogP contribution < -0.4 is 0 Å². The second kappa shape index (κ2) is 6.46. The van der Waals surface area contributed by atoms with Gasteiger partial charge in [0.15, 0.2) is 11.6 Å². The second-order valence-electron chi connectivity index (χ2n) is 10.6. The van der Waals surface area contributed by atoms with E-state index in [1.807, 2.05) is 0 Å². The lowest BCUT2D eigenvalue weighted by atomic mass is 9.78. The minimum absolute atomic E-state index is 0.121. The topological polar surface area (TPSA) is 77.8 Å². The summed E-state index contributed by atoms with van der Waals surface area (Å²) >= 11 is 0. The van der Waals surface area contributed by atoms with Crippen LogP contribution in [0.2, 0.25) is 0 Å². The van der Waals surface area contributed by atoms with Crippen LogP contribution in [0.3, 0.4) is 0 Å². The van der Waals surface area contributed by atoms with Crippen molar-refractivity contribution in [2.24, 2.45) is 0 Å². The summed E-state index contributed by atoms with van der Waals surface area (Å²) in [6.07, 6.45) is 1.75. The Morgan fingerprint density at radius 2 is 0.885 bits per heavy atom. The van der Waals surface area contributed by atoms with E-state index in [9.17, 15) is 0 Å². The summed E-state index contributed by atoms with van der Waals surface area (Å²) in [5, 5.41) is 8.32. The lowest BCUT2D eigenvalue weighted by Gasteiger charge is -2.26. The molecule has 146 valence electrons. The van der Waals surface area contributed by atoms with Gasteiger partial charge in [0.2, 0.25) is 11.8 Å². The van der Waals surface area contributed by atoms with Gasteiger partial charge in [-0.3, -0.25) is 0 Å². The van der Waals surface area contributed by atoms with Crippen molar-refractivity contribution in [1.82, 2.24) is 20.3 Å². The first-order chi connectivity index (χ1) is 11.6. The Hall–Kier alpha value is -1.72. The Morgan fingerprint density at radius 3 is 1.12 bits per heavy atom. The van der Waals surface area contributed by atoms with E-state index in [2.05, 4.69) is 89.5 Å². The molecule has 0 bridgehead atoms. The van der Waals surface area contributed by atoms with Crippen LogP contribution in [0.15, 0.2) is 9.05 Å². The predicted octanol–water partition coefficient (Wildman–Crippen LogP) is 5.08. The van der Waals surface area contributed by atoms with E-state index in [4.69, 9.17) is 9.05 Å². The van der Waals surface area contributed by atoms with Crippen molar-refractivity contribution in [3.8, 4) is 0 Å². The molecular formula is C20H34N4O2. The van der Waals surface area contributed by atoms with E-state index in [0.717, 1.165) is 24.5 Å². The molecule has 2 aromatic rings. The molecule has 0 N–H and O–H groups in total. The van der Waals surface area contributed by atoms with Crippen LogP contribution in [0.25, 0.3) is 0 Å². The molecule has 0 unspecified atom stereocenters.